The van der Waals surface area contributed by atoms with Crippen molar-refractivity contribution in [2.24, 2.45) is 0 Å². The molecule has 3 atom stereocenters. The average molecular weight is 128 g/mol. The van der Waals surface area contributed by atoms with E-state index in [1.54, 1.807) is 0 Å². The number of rotatable bonds is 1. The summed E-state index contributed by atoms with van der Waals surface area (Å²) in [5, 5.41) is 8.22. The molecular weight excluding hydrogens is 120 g/mol. The van der Waals surface area contributed by atoms with E-state index in [1.165, 1.54) is 0 Å². The maximum absolute atomic E-state index is 8.22. The smallest absolute Gasteiger partial charge is 0.113 e. The first-order chi connectivity index (χ1) is 4.40. The van der Waals surface area contributed by atoms with E-state index in [0.29, 0.717) is 12.2 Å². The molecule has 50 valence electrons. The third-order valence-electron chi connectivity index (χ3n) is 1.74. The number of hydrogen-bond acceptors (Lipinski definition) is 3. The lowest BCUT2D eigenvalue weighted by atomic mass is 10.1. The van der Waals surface area contributed by atoms with Gasteiger partial charge in [-0.15, -0.1) is 0 Å². The maximum atomic E-state index is 8.22. The van der Waals surface area contributed by atoms with Gasteiger partial charge in [0.25, 0.3) is 0 Å². The molecule has 1 aliphatic heterocycles. The highest BCUT2D eigenvalue weighted by Crippen LogP contribution is 2.32. The fourth-order valence-electron chi connectivity index (χ4n) is 1.13. The van der Waals surface area contributed by atoms with E-state index >= 15 is 0 Å². The van der Waals surface area contributed by atoms with Crippen LogP contribution in [0.2, 0.25) is 0 Å². The monoisotopic (exact) mass is 128 g/mol. The van der Waals surface area contributed by atoms with Gasteiger partial charge < -0.3 is 4.74 Å². The van der Waals surface area contributed by atoms with Crippen LogP contribution in [0.15, 0.2) is 12.2 Å². The molecule has 1 heterocycles. The maximum Gasteiger partial charge on any atom is 0.113 e. The molecule has 1 N–H and O–H groups in total. The van der Waals surface area contributed by atoms with Gasteiger partial charge in [-0.05, 0) is 0 Å². The first-order valence-corrected chi connectivity index (χ1v) is 3.04. The average Bonchev–Trinajstić information content (AvgIpc) is 2.64. The van der Waals surface area contributed by atoms with Crippen LogP contribution < -0.4 is 0 Å². The summed E-state index contributed by atoms with van der Waals surface area (Å²) >= 11 is 0. The molecule has 0 aromatic heterocycles. The second kappa shape index (κ2) is 1.80. The summed E-state index contributed by atoms with van der Waals surface area (Å²) in [5.74, 6) is 0. The molecule has 2 aliphatic rings. The molecule has 0 aromatic carbocycles. The minimum atomic E-state index is -0.145. The van der Waals surface area contributed by atoms with Crippen molar-refractivity contribution >= 4 is 0 Å². The number of fused-ring (bicyclic) bond motifs is 1. The van der Waals surface area contributed by atoms with E-state index in [2.05, 4.69) is 4.89 Å². The van der Waals surface area contributed by atoms with Gasteiger partial charge in [0, 0.05) is 6.42 Å². The Bertz CT molecular complexity index is 143. The van der Waals surface area contributed by atoms with Crippen molar-refractivity contribution in [2.75, 3.05) is 0 Å². The van der Waals surface area contributed by atoms with Gasteiger partial charge in [-0.25, -0.2) is 4.89 Å². The van der Waals surface area contributed by atoms with Gasteiger partial charge in [-0.2, -0.15) is 0 Å². The Morgan fingerprint density at radius 2 is 2.44 bits per heavy atom. The molecular formula is C6H8O3. The second-order valence-corrected chi connectivity index (χ2v) is 2.40. The molecule has 9 heavy (non-hydrogen) atoms. The normalized spacial score (nSPS) is 46.6. The molecule has 2 rings (SSSR count). The molecule has 0 saturated carbocycles. The Hall–Kier alpha value is -0.380. The van der Waals surface area contributed by atoms with Crippen molar-refractivity contribution in [3.05, 3.63) is 12.2 Å². The molecule has 0 aromatic rings. The Kier molecular flexibility index (Phi) is 1.08. The highest BCUT2D eigenvalue weighted by atomic mass is 17.1. The quantitative estimate of drug-likeness (QED) is 0.243. The summed E-state index contributed by atoms with van der Waals surface area (Å²) in [7, 11) is 0. The van der Waals surface area contributed by atoms with E-state index in [0.717, 1.165) is 6.42 Å². The van der Waals surface area contributed by atoms with E-state index in [9.17, 15) is 0 Å². The molecule has 1 aliphatic carbocycles. The van der Waals surface area contributed by atoms with Crippen LogP contribution in [0.5, 0.6) is 0 Å². The van der Waals surface area contributed by atoms with Crippen molar-refractivity contribution in [1.82, 2.24) is 0 Å². The zero-order valence-corrected chi connectivity index (χ0v) is 4.86. The molecule has 0 spiro atoms. The zero-order chi connectivity index (χ0) is 6.27. The first kappa shape index (κ1) is 5.41. The summed E-state index contributed by atoms with van der Waals surface area (Å²) in [4.78, 5) is 4.12. The van der Waals surface area contributed by atoms with Crippen molar-refractivity contribution in [3.8, 4) is 0 Å². The predicted octanol–water partition coefficient (Wildman–Crippen LogP) is 0.572. The highest BCUT2D eigenvalue weighted by molar-refractivity contribution is 5.11. The Morgan fingerprint density at radius 1 is 1.56 bits per heavy atom. The molecule has 0 amide bonds. The minimum Gasteiger partial charge on any atom is -0.365 e. The number of ether oxygens (including phenoxy) is 1. The van der Waals surface area contributed by atoms with Crippen LogP contribution in [0.25, 0.3) is 0 Å². The van der Waals surface area contributed by atoms with Crippen molar-refractivity contribution < 1.29 is 14.9 Å². The standard InChI is InChI=1S/C6H8O3/c7-9-4-1-2-5-6(3-4)8-5/h1-2,4-7H,3H2/t4-,5-,6+/m0/s1. The molecule has 0 radical (unpaired) electrons. The Balaban J connectivity index is 2.00. The fourth-order valence-corrected chi connectivity index (χ4v) is 1.13. The Labute approximate surface area is 52.8 Å². The van der Waals surface area contributed by atoms with E-state index in [4.69, 9.17) is 9.99 Å². The summed E-state index contributed by atoms with van der Waals surface area (Å²) in [5.41, 5.74) is 0. The van der Waals surface area contributed by atoms with E-state index in [1.807, 2.05) is 12.2 Å². The molecule has 0 unspecified atom stereocenters. The van der Waals surface area contributed by atoms with Crippen LogP contribution in [0.1, 0.15) is 6.42 Å². The SMILES string of the molecule is OO[C@H]1C=C[C@@H]2O[C@@H]2C1. The first-order valence-electron chi connectivity index (χ1n) is 3.04. The van der Waals surface area contributed by atoms with E-state index in [-0.39, 0.29) is 6.10 Å². The van der Waals surface area contributed by atoms with E-state index < -0.39 is 0 Å². The topological polar surface area (TPSA) is 42.0 Å². The fraction of sp³-hybridized carbons (Fsp3) is 0.667. The lowest BCUT2D eigenvalue weighted by molar-refractivity contribution is -0.267. The van der Waals surface area contributed by atoms with Crippen LogP contribution in [-0.4, -0.2) is 23.6 Å². The van der Waals surface area contributed by atoms with Crippen molar-refractivity contribution in [3.63, 3.8) is 0 Å². The largest absolute Gasteiger partial charge is 0.365 e. The lowest BCUT2D eigenvalue weighted by Gasteiger charge is -2.07. The van der Waals surface area contributed by atoms with Crippen molar-refractivity contribution in [1.29, 1.82) is 0 Å². The summed E-state index contributed by atoms with van der Waals surface area (Å²) in [6, 6.07) is 0. The molecule has 1 fully saturated rings. The van der Waals surface area contributed by atoms with Crippen LogP contribution in [0.3, 0.4) is 0 Å². The Morgan fingerprint density at radius 3 is 3.11 bits per heavy atom. The van der Waals surface area contributed by atoms with Gasteiger partial charge in [0.15, 0.2) is 0 Å². The summed E-state index contributed by atoms with van der Waals surface area (Å²) in [6.45, 7) is 0. The van der Waals surface area contributed by atoms with Gasteiger partial charge in [0.2, 0.25) is 0 Å². The third kappa shape index (κ3) is 0.871. The minimum absolute atomic E-state index is 0.145. The van der Waals surface area contributed by atoms with Crippen molar-refractivity contribution in [2.45, 2.75) is 24.7 Å². The lowest BCUT2D eigenvalue weighted by Crippen LogP contribution is -2.15. The highest BCUT2D eigenvalue weighted by Gasteiger charge is 2.41. The molecule has 0 bridgehead atoms. The summed E-state index contributed by atoms with van der Waals surface area (Å²) in [6.07, 6.45) is 5.03. The molecule has 3 heteroatoms. The zero-order valence-electron chi connectivity index (χ0n) is 4.86. The molecule has 3 nitrogen and oxygen atoms in total. The van der Waals surface area contributed by atoms with Crippen LogP contribution in [0.4, 0.5) is 0 Å². The van der Waals surface area contributed by atoms with Gasteiger partial charge in [0.05, 0.1) is 6.10 Å². The van der Waals surface area contributed by atoms with Gasteiger partial charge in [0.1, 0.15) is 12.2 Å². The van der Waals surface area contributed by atoms with Crippen LogP contribution in [-0.2, 0) is 9.62 Å². The second-order valence-electron chi connectivity index (χ2n) is 2.40. The number of hydrogen-bond donors (Lipinski definition) is 1. The van der Waals surface area contributed by atoms with Gasteiger partial charge in [-0.1, -0.05) is 12.2 Å². The van der Waals surface area contributed by atoms with Gasteiger partial charge in [-0.3, -0.25) is 5.26 Å². The summed E-state index contributed by atoms with van der Waals surface area (Å²) < 4.78 is 5.13. The van der Waals surface area contributed by atoms with Gasteiger partial charge >= 0.3 is 0 Å². The number of epoxide rings is 1. The van der Waals surface area contributed by atoms with Crippen LogP contribution >= 0.6 is 0 Å². The van der Waals surface area contributed by atoms with Crippen LogP contribution in [0, 0.1) is 0 Å². The third-order valence-corrected chi connectivity index (χ3v) is 1.74. The molecule has 1 saturated heterocycles. The predicted molar refractivity (Wildman–Crippen MR) is 29.9 cm³/mol.